The highest BCUT2D eigenvalue weighted by atomic mass is 32.1. The summed E-state index contributed by atoms with van der Waals surface area (Å²) in [7, 11) is 1.36. The van der Waals surface area contributed by atoms with Gasteiger partial charge in [-0.25, -0.2) is 45.1 Å². The highest BCUT2D eigenvalue weighted by Crippen LogP contribution is 2.58. The van der Waals surface area contributed by atoms with Gasteiger partial charge in [0.25, 0.3) is 22.7 Å². The zero-order chi connectivity index (χ0) is 102. The molecule has 3 aromatic heterocycles. The number of imidazole rings is 3. The first-order chi connectivity index (χ1) is 67.0. The number of aryl methyl sites for hydroxylation is 10. The number of aromatic amines is 1. The second kappa shape index (κ2) is 57.6. The first kappa shape index (κ1) is 112. The van der Waals surface area contributed by atoms with Crippen molar-refractivity contribution < 1.29 is 57.9 Å². The number of amidine groups is 1. The van der Waals surface area contributed by atoms with E-state index in [1.54, 1.807) is 90.5 Å². The van der Waals surface area contributed by atoms with Gasteiger partial charge in [-0.3, -0.25) is 64.8 Å². The third-order valence-electron chi connectivity index (χ3n) is 22.7. The van der Waals surface area contributed by atoms with E-state index in [0.717, 1.165) is 197 Å². The van der Waals surface area contributed by atoms with Gasteiger partial charge in [-0.05, 0) is 214 Å². The summed E-state index contributed by atoms with van der Waals surface area (Å²) in [4.78, 5) is 129. The van der Waals surface area contributed by atoms with Crippen molar-refractivity contribution in [2.24, 2.45) is 33.3 Å². The summed E-state index contributed by atoms with van der Waals surface area (Å²) in [6.07, 6.45) is 30.3. The van der Waals surface area contributed by atoms with Crippen LogP contribution < -0.4 is 38.5 Å². The van der Waals surface area contributed by atoms with Crippen LogP contribution >= 0.6 is 12.2 Å². The van der Waals surface area contributed by atoms with Crippen molar-refractivity contribution in [2.75, 3.05) is 56.6 Å². The zero-order valence-corrected chi connectivity index (χ0v) is 81.8. The third kappa shape index (κ3) is 37.1. The van der Waals surface area contributed by atoms with E-state index >= 15 is 0 Å². The summed E-state index contributed by atoms with van der Waals surface area (Å²) in [6, 6.07) is 48.5. The van der Waals surface area contributed by atoms with Gasteiger partial charge in [0.1, 0.15) is 35.0 Å². The van der Waals surface area contributed by atoms with E-state index in [1.165, 1.54) is 63.8 Å². The molecule has 2 saturated carbocycles. The van der Waals surface area contributed by atoms with Gasteiger partial charge in [-0.15, -0.1) is 0 Å². The van der Waals surface area contributed by atoms with Gasteiger partial charge in [0.15, 0.2) is 5.69 Å². The standard InChI is InChI=1S/C27H26N4OS.C22H28N4O2.C17H21N3O4.C12H15N3O2.C11H13NO4.C10H11NO3.2C2H8N2/c1-18-17-21(11-12-22(18)28-2)31-25(33)24(27(26(31)32)13-4-14-27)20-9-7-19(8-10-20)5-3-6-23-29-15-16-30-23;1-21(2,3)28-20(27)26-16-15-24-19(26)8-5-7-17-9-11-18(12-10-17)25-22(23-4)13-6-14-22;1-17(2,3)24-16(21)19-12-11-18-15(19)6-4-5-13-7-9-14(10-8-13)20(22)23;16-15(17)11-6-4-10(5-7-11)2-1-3-12-13-8-9-14-12;1-16-11(13)4-2-3-9-5-7-10(8-6-9)12(14)15;12-8-2-1-3-9-4-6-10(7-5-9)11(13)14;2*3-1-2-4/h7-12,15-17,24H,3-6,13-14H2,1H3,(H,29,30);9-12,15-16,25H,5-8,13-14H2,1-3H3;7-12H,4-6H2,1-3H3;4-7H,1-3,8-9H2,(H,13,14);5-8H,2-4H2,1H3;4-8H,1-3H2;2*1-4H2. The molecular weight excluding hydrogens is 1810 g/mol. The molecule has 7 aromatic carbocycles. The number of benzene rings is 7. The number of hydrogen-bond donors (Lipinski definition) is 7. The maximum atomic E-state index is 13.7. The predicted molar refractivity (Wildman–Crippen MR) is 544 cm³/mol. The van der Waals surface area contributed by atoms with Gasteiger partial charge in [0, 0.05) is 187 Å². The van der Waals surface area contributed by atoms with E-state index in [2.05, 4.69) is 86.4 Å². The molecule has 10 aromatic rings. The number of carbonyl (C=O) groups is 5. The maximum absolute atomic E-state index is 13.7. The Morgan fingerprint density at radius 1 is 0.557 bits per heavy atom. The minimum absolute atomic E-state index is 0.0771. The van der Waals surface area contributed by atoms with E-state index in [-0.39, 0.29) is 57.2 Å². The number of carbonyl (C=O) groups excluding carboxylic acids is 5. The number of methoxy groups -OCH3 is 1. The van der Waals surface area contributed by atoms with Crippen molar-refractivity contribution in [3.05, 3.63) is 326 Å². The summed E-state index contributed by atoms with van der Waals surface area (Å²) in [5, 5.41) is 48.4. The molecule has 1 saturated heterocycles. The van der Waals surface area contributed by atoms with Crippen LogP contribution in [0.3, 0.4) is 0 Å². The molecule has 2 aliphatic heterocycles. The Morgan fingerprint density at radius 2 is 0.971 bits per heavy atom. The molecule has 1 amide bonds. The second-order valence-corrected chi connectivity index (χ2v) is 35.9. The average molecular weight is 1940 g/mol. The van der Waals surface area contributed by atoms with Gasteiger partial charge in [-0.1, -0.05) is 110 Å². The van der Waals surface area contributed by atoms with E-state index < -0.39 is 37.5 Å². The third-order valence-corrected chi connectivity index (χ3v) is 23.1. The lowest BCUT2D eigenvalue weighted by Crippen LogP contribution is -2.41. The zero-order valence-electron chi connectivity index (χ0n) is 81.0. The Balaban J connectivity index is 0.000000230. The smallest absolute Gasteiger partial charge is 0.419 e. The van der Waals surface area contributed by atoms with Crippen LogP contribution in [-0.4, -0.2) is 153 Å². The van der Waals surface area contributed by atoms with E-state index in [1.807, 2.05) is 91.1 Å². The van der Waals surface area contributed by atoms with Crippen molar-refractivity contribution in [1.29, 1.82) is 0 Å². The van der Waals surface area contributed by atoms with Crippen LogP contribution in [-0.2, 0) is 86.4 Å². The number of H-pyrrole nitrogens is 1. The molecule has 37 heteroatoms. The number of nitrogens with two attached hydrogens (primary N) is 4. The maximum Gasteiger partial charge on any atom is 0.419 e. The van der Waals surface area contributed by atoms with E-state index in [4.69, 9.17) is 57.8 Å². The summed E-state index contributed by atoms with van der Waals surface area (Å²) in [6.45, 7) is 31.8. The quantitative estimate of drug-likeness (QED) is 0.00288. The average Bonchev–Trinajstić information content (AvgIpc) is 1.55. The van der Waals surface area contributed by atoms with Crippen LogP contribution in [0.25, 0.3) is 9.69 Å². The van der Waals surface area contributed by atoms with Gasteiger partial charge in [0.2, 0.25) is 5.91 Å². The number of unbranched alkanes of at least 4 members (excludes halogenated alkanes) is 1. The molecule has 140 heavy (non-hydrogen) atoms. The Morgan fingerprint density at radius 3 is 1.32 bits per heavy atom. The molecular formula is C103H130N20O16S. The highest BCUT2D eigenvalue weighted by molar-refractivity contribution is 7.80. The number of amides is 1. The van der Waals surface area contributed by atoms with Gasteiger partial charge in [0.05, 0.1) is 56.2 Å². The van der Waals surface area contributed by atoms with Crippen LogP contribution in [0.5, 0.6) is 0 Å². The number of thiocarbonyl (C=S) groups is 1. The van der Waals surface area contributed by atoms with Crippen molar-refractivity contribution in [2.45, 2.75) is 225 Å². The molecule has 0 bridgehead atoms. The van der Waals surface area contributed by atoms with Gasteiger partial charge < -0.3 is 57.6 Å². The number of aliphatic imine (C=N–C) groups is 1. The summed E-state index contributed by atoms with van der Waals surface area (Å²) >= 11 is 5.94. The fourth-order valence-corrected chi connectivity index (χ4v) is 15.6. The Labute approximate surface area is 822 Å². The first-order valence-corrected chi connectivity index (χ1v) is 47.2. The molecule has 14 rings (SSSR count). The van der Waals surface area contributed by atoms with E-state index in [9.17, 15) is 64.4 Å². The largest absolute Gasteiger partial charge is 0.469 e. The number of nitro benzene ring substituents is 4. The number of nitrogens with one attached hydrogen (secondary N) is 3. The number of esters is 1. The normalized spacial score (nSPS) is 13.7. The fraction of sp³-hybridized carbons (Fsp3) is 0.417. The van der Waals surface area contributed by atoms with Crippen LogP contribution in [0.1, 0.15) is 206 Å². The molecule has 744 valence electrons. The lowest BCUT2D eigenvalue weighted by molar-refractivity contribution is -0.385. The lowest BCUT2D eigenvalue weighted by atomic mass is 9.60. The molecule has 2 aliphatic carbocycles. The summed E-state index contributed by atoms with van der Waals surface area (Å²) in [5.41, 5.74) is 29.2. The molecule has 0 radical (unpaired) electrons. The monoisotopic (exact) mass is 1930 g/mol. The minimum Gasteiger partial charge on any atom is -0.469 e. The number of hydrogen-bond acceptors (Lipinski definition) is 27. The number of anilines is 2. The number of rotatable bonds is 34. The molecule has 5 heterocycles. The SMILES string of the molecule is CC(C)(C)OC(=O)n1ccnc1CCCc1ccc([N+](=O)[O-])cc1.COC(=O)CCCc1ccc([N+](=O)[O-])cc1.NCCN.NCCN.O=CCCCc1ccc([N+](=O)[O-])cc1.O=[N+]([O-])c1ccc(CCCC2=NCCN2)cc1.[C-]#[N+]C1(Nc2ccc(CCCc3nccn3C(=O)OC(C)(C)C)cc2)CCC1.[C-]#[N+]c1ccc(N2C(=O)C3(CCC3)C(c3ccc(CCCc4ncc[nH]4)cc3)C2=S)cc1C. The molecule has 4 aliphatic rings. The molecule has 3 fully saturated rings. The number of ether oxygens (including phenoxy) is 3. The lowest BCUT2D eigenvalue weighted by Gasteiger charge is -2.40. The minimum atomic E-state index is -0.558. The van der Waals surface area contributed by atoms with Gasteiger partial charge in [-0.2, -0.15) is 0 Å². The van der Waals surface area contributed by atoms with Crippen molar-refractivity contribution in [3.63, 3.8) is 0 Å². The van der Waals surface area contributed by atoms with Crippen LogP contribution in [0, 0.1) is 65.9 Å². The number of aromatic nitrogens is 6. The van der Waals surface area contributed by atoms with Crippen molar-refractivity contribution in [3.8, 4) is 0 Å². The second-order valence-electron chi connectivity index (χ2n) is 35.5. The summed E-state index contributed by atoms with van der Waals surface area (Å²) < 4.78 is 18.2. The summed E-state index contributed by atoms with van der Waals surface area (Å²) in [5.74, 6) is 3.28. The number of non-ortho nitro benzene ring substituents is 4. The van der Waals surface area contributed by atoms with Crippen LogP contribution in [0.15, 0.2) is 206 Å². The Bertz CT molecular complexity index is 5730. The van der Waals surface area contributed by atoms with Crippen LogP contribution in [0.2, 0.25) is 0 Å². The number of aldehydes is 1. The number of nitrogens with zero attached hydrogens (tertiary/aromatic N) is 13. The molecule has 1 spiro atoms. The number of nitro groups is 4. The van der Waals surface area contributed by atoms with Crippen molar-refractivity contribution in [1.82, 2.24) is 34.4 Å². The molecule has 11 N–H and O–H groups in total. The van der Waals surface area contributed by atoms with Gasteiger partial charge >= 0.3 is 23.8 Å². The predicted octanol–water partition coefficient (Wildman–Crippen LogP) is 18.8. The topological polar surface area (TPSA) is 502 Å². The van der Waals surface area contributed by atoms with Crippen LogP contribution in [0.4, 0.5) is 49.4 Å². The Hall–Kier alpha value is -14.5. The highest BCUT2D eigenvalue weighted by Gasteiger charge is 2.61. The molecule has 1 atom stereocenters. The first-order valence-electron chi connectivity index (χ1n) is 46.8. The fourth-order valence-electron chi connectivity index (χ4n) is 15.1. The molecule has 36 nitrogen and oxygen atoms in total. The Kier molecular flexibility index (Phi) is 46.3. The van der Waals surface area contributed by atoms with E-state index in [0.29, 0.717) is 81.2 Å². The molecule has 1 unspecified atom stereocenters. The van der Waals surface area contributed by atoms with Crippen molar-refractivity contribution >= 4 is 93.2 Å².